The molecule has 0 aromatic carbocycles. The number of thioether (sulfide) groups is 1. The second-order valence-corrected chi connectivity index (χ2v) is 5.64. The summed E-state index contributed by atoms with van der Waals surface area (Å²) in [5.41, 5.74) is 2.89. The summed E-state index contributed by atoms with van der Waals surface area (Å²) in [6, 6.07) is 0. The zero-order valence-corrected chi connectivity index (χ0v) is 11.7. The van der Waals surface area contributed by atoms with E-state index in [0.29, 0.717) is 5.75 Å². The van der Waals surface area contributed by atoms with Crippen molar-refractivity contribution in [2.75, 3.05) is 11.1 Å². The summed E-state index contributed by atoms with van der Waals surface area (Å²) in [6.07, 6.45) is 1.80. The molecule has 3 rings (SSSR count). The number of nitrogens with zero attached hydrogens (tertiary/aromatic N) is 3. The van der Waals surface area contributed by atoms with Gasteiger partial charge >= 0.3 is 0 Å². The zero-order chi connectivity index (χ0) is 13.6. The van der Waals surface area contributed by atoms with Crippen molar-refractivity contribution in [2.24, 2.45) is 7.05 Å². The molecule has 1 amide bonds. The minimum Gasteiger partial charge on any atom is -0.361 e. The van der Waals surface area contributed by atoms with E-state index in [-0.39, 0.29) is 11.2 Å². The highest BCUT2D eigenvalue weighted by Crippen LogP contribution is 2.43. The molecule has 0 saturated carbocycles. The summed E-state index contributed by atoms with van der Waals surface area (Å²) in [5, 5.41) is 11.1. The molecule has 0 radical (unpaired) electrons. The monoisotopic (exact) mass is 278 g/mol. The standard InChI is InChI=1S/C12H14N4O2S/c1-6-10(7(2)18-15-6)11-8-4-13-16(3)12(8)14-9(17)5-19-11/h4,11H,5H2,1-3H3,(H,14,17)/t11-/m1/s1. The molecule has 2 aromatic heterocycles. The number of fused-ring (bicyclic) bond motifs is 1. The number of aryl methyl sites for hydroxylation is 3. The van der Waals surface area contributed by atoms with Crippen molar-refractivity contribution in [3.05, 3.63) is 28.8 Å². The van der Waals surface area contributed by atoms with Crippen LogP contribution in [0.15, 0.2) is 10.7 Å². The first-order chi connectivity index (χ1) is 9.08. The van der Waals surface area contributed by atoms with Gasteiger partial charge in [0.1, 0.15) is 11.6 Å². The van der Waals surface area contributed by atoms with E-state index in [1.807, 2.05) is 20.9 Å². The lowest BCUT2D eigenvalue weighted by Gasteiger charge is -2.13. The first-order valence-electron chi connectivity index (χ1n) is 5.94. The molecule has 1 N–H and O–H groups in total. The first-order valence-corrected chi connectivity index (χ1v) is 6.99. The Labute approximate surface area is 114 Å². The highest BCUT2D eigenvalue weighted by Gasteiger charge is 2.30. The summed E-state index contributed by atoms with van der Waals surface area (Å²) < 4.78 is 6.93. The number of hydrogen-bond donors (Lipinski definition) is 1. The van der Waals surface area contributed by atoms with Gasteiger partial charge in [-0.25, -0.2) is 0 Å². The zero-order valence-electron chi connectivity index (χ0n) is 10.9. The molecule has 2 aromatic rings. The molecule has 7 heteroatoms. The molecular formula is C12H14N4O2S. The molecule has 0 bridgehead atoms. The number of carbonyl (C=O) groups is 1. The SMILES string of the molecule is Cc1noc(C)c1[C@@H]1SCC(=O)Nc2c1cnn2C. The molecule has 0 saturated heterocycles. The smallest absolute Gasteiger partial charge is 0.235 e. The molecular weight excluding hydrogens is 264 g/mol. The molecule has 0 unspecified atom stereocenters. The van der Waals surface area contributed by atoms with Crippen molar-refractivity contribution >= 4 is 23.5 Å². The van der Waals surface area contributed by atoms with Gasteiger partial charge in [-0.05, 0) is 13.8 Å². The third-order valence-electron chi connectivity index (χ3n) is 3.24. The average Bonchev–Trinajstić information content (AvgIpc) is 2.82. The lowest BCUT2D eigenvalue weighted by molar-refractivity contribution is -0.113. The lowest BCUT2D eigenvalue weighted by atomic mass is 10.1. The van der Waals surface area contributed by atoms with Crippen LogP contribution in [0, 0.1) is 13.8 Å². The number of amides is 1. The number of aromatic nitrogens is 3. The topological polar surface area (TPSA) is 73.0 Å². The van der Waals surface area contributed by atoms with Gasteiger partial charge in [0, 0.05) is 18.2 Å². The highest BCUT2D eigenvalue weighted by atomic mass is 32.2. The van der Waals surface area contributed by atoms with Crippen molar-refractivity contribution in [2.45, 2.75) is 19.1 Å². The van der Waals surface area contributed by atoms with E-state index in [4.69, 9.17) is 4.52 Å². The van der Waals surface area contributed by atoms with E-state index >= 15 is 0 Å². The van der Waals surface area contributed by atoms with Crippen LogP contribution >= 0.6 is 11.8 Å². The Balaban J connectivity index is 2.15. The molecule has 1 aliphatic rings. The van der Waals surface area contributed by atoms with Gasteiger partial charge in [0.25, 0.3) is 0 Å². The third-order valence-corrected chi connectivity index (χ3v) is 4.49. The Morgan fingerprint density at radius 2 is 2.32 bits per heavy atom. The second-order valence-electron chi connectivity index (χ2n) is 4.55. The van der Waals surface area contributed by atoms with Crippen LogP contribution in [0.25, 0.3) is 0 Å². The van der Waals surface area contributed by atoms with Crippen LogP contribution in [0.4, 0.5) is 5.82 Å². The van der Waals surface area contributed by atoms with Gasteiger partial charge in [-0.1, -0.05) is 5.16 Å². The van der Waals surface area contributed by atoms with Crippen molar-refractivity contribution in [3.63, 3.8) is 0 Å². The summed E-state index contributed by atoms with van der Waals surface area (Å²) in [4.78, 5) is 11.8. The van der Waals surface area contributed by atoms with Gasteiger partial charge in [0.15, 0.2) is 0 Å². The Kier molecular flexibility index (Phi) is 2.85. The maximum absolute atomic E-state index is 11.8. The number of rotatable bonds is 1. The second kappa shape index (κ2) is 4.41. The van der Waals surface area contributed by atoms with Gasteiger partial charge in [0.2, 0.25) is 5.91 Å². The molecule has 1 atom stereocenters. The van der Waals surface area contributed by atoms with Crippen LogP contribution in [0.1, 0.15) is 27.8 Å². The number of hydrogen-bond acceptors (Lipinski definition) is 5. The van der Waals surface area contributed by atoms with Crippen molar-refractivity contribution in [3.8, 4) is 0 Å². The first kappa shape index (κ1) is 12.3. The van der Waals surface area contributed by atoms with E-state index in [2.05, 4.69) is 15.6 Å². The van der Waals surface area contributed by atoms with Gasteiger partial charge in [-0.2, -0.15) is 5.10 Å². The summed E-state index contributed by atoms with van der Waals surface area (Å²) in [7, 11) is 1.82. The highest BCUT2D eigenvalue weighted by molar-refractivity contribution is 8.00. The van der Waals surface area contributed by atoms with Crippen LogP contribution in [-0.2, 0) is 11.8 Å². The Morgan fingerprint density at radius 3 is 3.00 bits per heavy atom. The fraction of sp³-hybridized carbons (Fsp3) is 0.417. The molecule has 1 aliphatic heterocycles. The quantitative estimate of drug-likeness (QED) is 0.861. The van der Waals surface area contributed by atoms with Crippen molar-refractivity contribution in [1.29, 1.82) is 0 Å². The van der Waals surface area contributed by atoms with Crippen LogP contribution < -0.4 is 5.32 Å². The van der Waals surface area contributed by atoms with E-state index in [1.165, 1.54) is 0 Å². The maximum atomic E-state index is 11.8. The Morgan fingerprint density at radius 1 is 1.53 bits per heavy atom. The molecule has 3 heterocycles. The summed E-state index contributed by atoms with van der Waals surface area (Å²) in [5.74, 6) is 1.94. The normalized spacial score (nSPS) is 18.9. The lowest BCUT2D eigenvalue weighted by Crippen LogP contribution is -2.15. The van der Waals surface area contributed by atoms with Crippen molar-refractivity contribution in [1.82, 2.24) is 14.9 Å². The van der Waals surface area contributed by atoms with Gasteiger partial charge < -0.3 is 9.84 Å². The van der Waals surface area contributed by atoms with Gasteiger partial charge in [-0.3, -0.25) is 9.48 Å². The van der Waals surface area contributed by atoms with E-state index in [0.717, 1.165) is 28.4 Å². The molecule has 6 nitrogen and oxygen atoms in total. The maximum Gasteiger partial charge on any atom is 0.235 e. The minimum atomic E-state index is -0.0101. The largest absolute Gasteiger partial charge is 0.361 e. The minimum absolute atomic E-state index is 0.0101. The summed E-state index contributed by atoms with van der Waals surface area (Å²) >= 11 is 1.57. The molecule has 0 spiro atoms. The molecule has 0 fully saturated rings. The molecule has 19 heavy (non-hydrogen) atoms. The van der Waals surface area contributed by atoms with Crippen LogP contribution in [0.2, 0.25) is 0 Å². The van der Waals surface area contributed by atoms with E-state index < -0.39 is 0 Å². The van der Waals surface area contributed by atoms with Crippen LogP contribution in [0.3, 0.4) is 0 Å². The third kappa shape index (κ3) is 1.94. The molecule has 0 aliphatic carbocycles. The van der Waals surface area contributed by atoms with Crippen molar-refractivity contribution < 1.29 is 9.32 Å². The average molecular weight is 278 g/mol. The molecule has 100 valence electrons. The van der Waals surface area contributed by atoms with Crippen LogP contribution in [0.5, 0.6) is 0 Å². The number of carbonyl (C=O) groups excluding carboxylic acids is 1. The Hall–Kier alpha value is -1.76. The van der Waals surface area contributed by atoms with Gasteiger partial charge in [0.05, 0.1) is 22.9 Å². The fourth-order valence-corrected chi connectivity index (χ4v) is 3.57. The number of nitrogens with one attached hydrogen (secondary N) is 1. The van der Waals surface area contributed by atoms with E-state index in [1.54, 1.807) is 22.6 Å². The predicted octanol–water partition coefficient (Wildman–Crippen LogP) is 1.80. The predicted molar refractivity (Wildman–Crippen MR) is 72.1 cm³/mol. The van der Waals surface area contributed by atoms with E-state index in [9.17, 15) is 4.79 Å². The van der Waals surface area contributed by atoms with Crippen LogP contribution in [-0.4, -0.2) is 26.6 Å². The fourth-order valence-electron chi connectivity index (χ4n) is 2.32. The number of anilines is 1. The Bertz CT molecular complexity index is 627. The summed E-state index contributed by atoms with van der Waals surface area (Å²) in [6.45, 7) is 3.81. The van der Waals surface area contributed by atoms with Gasteiger partial charge in [-0.15, -0.1) is 11.8 Å².